The van der Waals surface area contributed by atoms with Crippen molar-refractivity contribution >= 4 is 40.3 Å². The molecule has 0 spiro atoms. The summed E-state index contributed by atoms with van der Waals surface area (Å²) in [7, 11) is 0. The van der Waals surface area contributed by atoms with Gasteiger partial charge in [-0.1, -0.05) is 0 Å². The zero-order valence-electron chi connectivity index (χ0n) is 23.6. The number of carbonyl (C=O) groups is 5. The summed E-state index contributed by atoms with van der Waals surface area (Å²) in [6.45, 7) is -3.87. The van der Waals surface area contributed by atoms with Crippen LogP contribution >= 0.6 is 0 Å². The van der Waals surface area contributed by atoms with E-state index in [0.29, 0.717) is 0 Å². The molecule has 1 heterocycles. The number of aliphatic hydroxyl groups excluding tert-OH is 1. The van der Waals surface area contributed by atoms with Gasteiger partial charge in [0.25, 0.3) is 0 Å². The van der Waals surface area contributed by atoms with E-state index in [9.17, 15) is 52.7 Å². The van der Waals surface area contributed by atoms with Crippen LogP contribution in [0.15, 0.2) is 57.4 Å². The van der Waals surface area contributed by atoms with Gasteiger partial charge in [-0.2, -0.15) is 0 Å². The molecule has 46 heavy (non-hydrogen) atoms. The van der Waals surface area contributed by atoms with Gasteiger partial charge in [-0.05, 0) is 0 Å². The number of aliphatic hydroxyl groups is 1. The fraction of sp³-hybridized carbons (Fsp3) is 0.207. The van der Waals surface area contributed by atoms with Crippen LogP contribution in [0.3, 0.4) is 0 Å². The second-order valence-corrected chi connectivity index (χ2v) is 10.8. The van der Waals surface area contributed by atoms with Crippen molar-refractivity contribution in [1.29, 1.82) is 0 Å². The molecule has 0 amide bonds. The SMILES string of the molecule is O=C(O)CN(CC(=O)O)C[C](=[Cr][F])/C(O)=C\c1cc(-c2ccccc2C(=O)O)c2cc(CN(CC(=O)O)CC(=O)O)c(=O)cc-2o1. The number of benzene rings is 2. The topological polar surface area (TPSA) is 243 Å². The van der Waals surface area contributed by atoms with Crippen LogP contribution in [0.2, 0.25) is 0 Å². The van der Waals surface area contributed by atoms with Crippen molar-refractivity contribution < 1.29 is 77.8 Å². The summed E-state index contributed by atoms with van der Waals surface area (Å²) in [5, 5.41) is 57.1. The summed E-state index contributed by atoms with van der Waals surface area (Å²) in [6.07, 6.45) is 0.947. The maximum absolute atomic E-state index is 14.0. The van der Waals surface area contributed by atoms with Crippen molar-refractivity contribution in [3.63, 3.8) is 0 Å². The van der Waals surface area contributed by atoms with Gasteiger partial charge >= 0.3 is 245 Å². The van der Waals surface area contributed by atoms with Crippen LogP contribution in [-0.2, 0) is 41.0 Å². The molecule has 17 heteroatoms. The maximum atomic E-state index is 14.0. The van der Waals surface area contributed by atoms with Crippen LogP contribution in [0.5, 0.6) is 0 Å². The number of hydrogen-bond acceptors (Lipinski definition) is 10. The first kappa shape index (κ1) is 35.3. The summed E-state index contributed by atoms with van der Waals surface area (Å²) < 4.78 is 19.5. The Morgan fingerprint density at radius 2 is 1.30 bits per heavy atom. The van der Waals surface area contributed by atoms with Crippen LogP contribution in [0.4, 0.5) is 3.52 Å². The van der Waals surface area contributed by atoms with Crippen molar-refractivity contribution in [3.05, 3.63) is 75.3 Å². The molecule has 1 aliphatic heterocycles. The molecule has 0 saturated heterocycles. The van der Waals surface area contributed by atoms with Crippen molar-refractivity contribution in [2.24, 2.45) is 0 Å². The van der Waals surface area contributed by atoms with E-state index in [1.54, 1.807) is 0 Å². The number of halogens is 1. The van der Waals surface area contributed by atoms with Crippen LogP contribution in [-0.4, -0.2) is 107 Å². The third-order valence-electron chi connectivity index (χ3n) is 6.27. The van der Waals surface area contributed by atoms with E-state index in [-0.39, 0.29) is 43.7 Å². The number of rotatable bonds is 16. The Hall–Kier alpha value is -5.21. The van der Waals surface area contributed by atoms with E-state index in [2.05, 4.69) is 0 Å². The molecule has 3 rings (SSSR count). The second-order valence-electron chi connectivity index (χ2n) is 9.76. The Morgan fingerprint density at radius 3 is 1.85 bits per heavy atom. The third-order valence-corrected chi connectivity index (χ3v) is 7.09. The first-order chi connectivity index (χ1) is 21.7. The van der Waals surface area contributed by atoms with Crippen molar-refractivity contribution in [3.8, 4) is 22.5 Å². The number of carboxylic acids is 5. The van der Waals surface area contributed by atoms with E-state index in [1.165, 1.54) is 36.4 Å². The predicted molar refractivity (Wildman–Crippen MR) is 153 cm³/mol. The molecule has 6 N–H and O–H groups in total. The fourth-order valence-corrected chi connectivity index (χ4v) is 5.08. The van der Waals surface area contributed by atoms with E-state index < -0.39 is 95.5 Å². The molecule has 0 fully saturated rings. The first-order valence-electron chi connectivity index (χ1n) is 13.0. The minimum absolute atomic E-state index is 0.0295. The Bertz CT molecular complexity index is 1740. The average molecular weight is 682 g/mol. The van der Waals surface area contributed by atoms with Gasteiger partial charge in [-0.25, -0.2) is 0 Å². The molecule has 0 aromatic heterocycles. The van der Waals surface area contributed by atoms with Gasteiger partial charge in [0.1, 0.15) is 0 Å². The average Bonchev–Trinajstić information content (AvgIpc) is 2.94. The monoisotopic (exact) mass is 681 g/mol. The van der Waals surface area contributed by atoms with Crippen LogP contribution < -0.4 is 5.43 Å². The molecule has 0 unspecified atom stereocenters. The minimum atomic E-state index is -1.93. The quantitative estimate of drug-likeness (QED) is 0.118. The molecular formula is C29H26CrFN2O13. The summed E-state index contributed by atoms with van der Waals surface area (Å²) in [5.41, 5.74) is -0.421. The van der Waals surface area contributed by atoms with Gasteiger partial charge in [0.15, 0.2) is 0 Å². The molecule has 0 atom stereocenters. The van der Waals surface area contributed by atoms with Gasteiger partial charge in [-0.3, -0.25) is 9.59 Å². The molecule has 1 aromatic rings. The van der Waals surface area contributed by atoms with Crippen LogP contribution in [0.1, 0.15) is 21.7 Å². The number of carboxylic acid groups (broad SMARTS) is 5. The molecule has 0 bridgehead atoms. The van der Waals surface area contributed by atoms with Gasteiger partial charge in [0.05, 0.1) is 0 Å². The number of hydrogen-bond donors (Lipinski definition) is 6. The normalized spacial score (nSPS) is 12.1. The van der Waals surface area contributed by atoms with Gasteiger partial charge in [-0.15, -0.1) is 0 Å². The van der Waals surface area contributed by atoms with Gasteiger partial charge < -0.3 is 10.2 Å². The number of fused-ring (bicyclic) bond motifs is 1. The van der Waals surface area contributed by atoms with E-state index in [1.807, 2.05) is 0 Å². The molecule has 15 nitrogen and oxygen atoms in total. The van der Waals surface area contributed by atoms with E-state index in [0.717, 1.165) is 21.9 Å². The fourth-order valence-electron chi connectivity index (χ4n) is 4.50. The van der Waals surface area contributed by atoms with Crippen molar-refractivity contribution in [1.82, 2.24) is 9.80 Å². The first-order valence-corrected chi connectivity index (χ1v) is 14.1. The summed E-state index contributed by atoms with van der Waals surface area (Å²) in [4.78, 5) is 71.9. The zero-order chi connectivity index (χ0) is 34.1. The van der Waals surface area contributed by atoms with E-state index in [4.69, 9.17) is 14.6 Å². The molecule has 1 aromatic carbocycles. The number of aromatic carboxylic acids is 1. The van der Waals surface area contributed by atoms with Crippen LogP contribution in [0.25, 0.3) is 28.5 Å². The molecular weight excluding hydrogens is 655 g/mol. The summed E-state index contributed by atoms with van der Waals surface area (Å²) in [6, 6.07) is 9.36. The number of nitrogens with zero attached hydrogens (tertiary/aromatic N) is 2. The summed E-state index contributed by atoms with van der Waals surface area (Å²) in [5.74, 6) is -7.80. The van der Waals surface area contributed by atoms with E-state index >= 15 is 0 Å². The van der Waals surface area contributed by atoms with Crippen molar-refractivity contribution in [2.45, 2.75) is 6.54 Å². The molecule has 2 aliphatic rings. The molecule has 0 radical (unpaired) electrons. The Labute approximate surface area is 264 Å². The molecule has 0 saturated carbocycles. The van der Waals surface area contributed by atoms with Gasteiger partial charge in [0, 0.05) is 0 Å². The Balaban J connectivity index is 2.20. The van der Waals surface area contributed by atoms with Gasteiger partial charge in [0.2, 0.25) is 0 Å². The molecule has 243 valence electrons. The Morgan fingerprint density at radius 1 is 0.739 bits per heavy atom. The van der Waals surface area contributed by atoms with Crippen LogP contribution in [0, 0.1) is 0 Å². The zero-order valence-corrected chi connectivity index (χ0v) is 24.9. The Kier molecular flexibility index (Phi) is 12.0. The molecule has 1 aliphatic carbocycles. The predicted octanol–water partition coefficient (Wildman–Crippen LogP) is 1.59. The third kappa shape index (κ3) is 9.65. The van der Waals surface area contributed by atoms with Crippen molar-refractivity contribution in [2.75, 3.05) is 32.7 Å². The standard InChI is InChI=1S/C29H26N2O13.Cr.FH/c32-17(5-6-30(12-25(34)35)13-26(36)37)8-18-9-21(19-3-1-2-4-20(19)29(42)43)22-7-16(23(33)10-24(22)44-18)11-31(14-27(38)39)15-28(40)41;;/h1-4,7-10,32H,6,11-15H2,(H,34,35)(H,36,37)(H,38,39)(H,40,41)(H,42,43);;1H/q;+1;/p-1/b17-8+;;. The second kappa shape index (κ2) is 15.7. The number of aliphatic carboxylic acids is 4. The summed E-state index contributed by atoms with van der Waals surface area (Å²) >= 11 is -1.93.